The Morgan fingerprint density at radius 2 is 1.67 bits per heavy atom. The lowest BCUT2D eigenvalue weighted by molar-refractivity contribution is 0.0951. The van der Waals surface area contributed by atoms with E-state index in [2.05, 4.69) is 44.7 Å². The Hall–Kier alpha value is -5.44. The quantitative estimate of drug-likeness (QED) is 0.193. The van der Waals surface area contributed by atoms with Crippen molar-refractivity contribution < 1.29 is 9.59 Å². The number of pyridine rings is 1. The molecule has 0 radical (unpaired) electrons. The molecule has 3 heterocycles. The second kappa shape index (κ2) is 10.8. The zero-order valence-corrected chi connectivity index (χ0v) is 24.4. The van der Waals surface area contributed by atoms with Crippen molar-refractivity contribution in [3.05, 3.63) is 111 Å². The number of carbonyl (C=O) groups excluding carboxylic acids is 2. The number of benzene rings is 3. The molecule has 2 amide bonds. The van der Waals surface area contributed by atoms with Gasteiger partial charge in [-0.1, -0.05) is 30.3 Å². The molecule has 9 heteroatoms. The zero-order valence-electron chi connectivity index (χ0n) is 24.4. The van der Waals surface area contributed by atoms with Crippen molar-refractivity contribution in [2.24, 2.45) is 5.73 Å². The lowest BCUT2D eigenvalue weighted by Crippen LogP contribution is -2.28. The van der Waals surface area contributed by atoms with Crippen LogP contribution in [0.3, 0.4) is 0 Å². The van der Waals surface area contributed by atoms with Gasteiger partial charge in [-0.3, -0.25) is 14.4 Å². The van der Waals surface area contributed by atoms with E-state index in [1.165, 1.54) is 0 Å². The van der Waals surface area contributed by atoms with Gasteiger partial charge in [-0.15, -0.1) is 0 Å². The molecule has 43 heavy (non-hydrogen) atoms. The topological polar surface area (TPSA) is 139 Å². The number of aryl methyl sites for hydroxylation is 2. The summed E-state index contributed by atoms with van der Waals surface area (Å²) in [4.78, 5) is 48.7. The highest BCUT2D eigenvalue weighted by molar-refractivity contribution is 6.08. The van der Waals surface area contributed by atoms with Crippen LogP contribution in [0.15, 0.2) is 77.7 Å². The van der Waals surface area contributed by atoms with Crippen LogP contribution in [0.5, 0.6) is 0 Å². The van der Waals surface area contributed by atoms with Gasteiger partial charge in [-0.25, -0.2) is 4.98 Å². The van der Waals surface area contributed by atoms with E-state index in [9.17, 15) is 14.4 Å². The van der Waals surface area contributed by atoms with Gasteiger partial charge in [0.15, 0.2) is 0 Å². The molecule has 216 valence electrons. The zero-order chi connectivity index (χ0) is 30.4. The second-order valence-electron chi connectivity index (χ2n) is 11.1. The first-order valence-corrected chi connectivity index (χ1v) is 14.1. The number of hydrogen-bond acceptors (Lipinski definition) is 4. The Bertz CT molecular complexity index is 2100. The van der Waals surface area contributed by atoms with Crippen molar-refractivity contribution in [1.82, 2.24) is 24.8 Å². The normalized spacial score (nSPS) is 11.5. The van der Waals surface area contributed by atoms with Gasteiger partial charge in [-0.2, -0.15) is 0 Å². The van der Waals surface area contributed by atoms with Crippen LogP contribution in [0.2, 0.25) is 0 Å². The molecule has 9 nitrogen and oxygen atoms in total. The van der Waals surface area contributed by atoms with Crippen LogP contribution in [0.1, 0.15) is 57.4 Å². The average Bonchev–Trinajstić information content (AvgIpc) is 3.60. The van der Waals surface area contributed by atoms with Crippen LogP contribution in [-0.2, 0) is 6.54 Å². The summed E-state index contributed by atoms with van der Waals surface area (Å²) in [7, 11) is 0. The molecule has 0 saturated carbocycles. The van der Waals surface area contributed by atoms with E-state index in [0.29, 0.717) is 28.0 Å². The fourth-order valence-corrected chi connectivity index (χ4v) is 5.62. The smallest absolute Gasteiger partial charge is 0.253 e. The molecule has 0 unspecified atom stereocenters. The van der Waals surface area contributed by atoms with Gasteiger partial charge < -0.3 is 25.6 Å². The Morgan fingerprint density at radius 3 is 2.37 bits per heavy atom. The third-order valence-corrected chi connectivity index (χ3v) is 7.83. The van der Waals surface area contributed by atoms with E-state index in [4.69, 9.17) is 5.73 Å². The third-order valence-electron chi connectivity index (χ3n) is 7.83. The highest BCUT2D eigenvalue weighted by Crippen LogP contribution is 2.32. The average molecular weight is 573 g/mol. The number of hydrogen-bond donors (Lipinski definition) is 4. The van der Waals surface area contributed by atoms with Crippen molar-refractivity contribution >= 4 is 33.8 Å². The molecule has 0 saturated heterocycles. The molecule has 0 aliphatic heterocycles. The number of H-pyrrole nitrogens is 2. The summed E-state index contributed by atoms with van der Waals surface area (Å²) in [5.41, 5.74) is 13.3. The molecule has 6 aromatic rings. The van der Waals surface area contributed by atoms with Gasteiger partial charge in [0.25, 0.3) is 17.4 Å². The Morgan fingerprint density at radius 1 is 0.930 bits per heavy atom. The molecule has 5 N–H and O–H groups in total. The predicted octanol–water partition coefficient (Wildman–Crippen LogP) is 5.77. The maximum absolute atomic E-state index is 13.6. The summed E-state index contributed by atoms with van der Waals surface area (Å²) in [5, 5.41) is 3.81. The SMILES string of the molecule is Cc1cc(C)c(CNC(=O)c2cc(-c3ccc(-c4nc5c(C(N)=O)cccc5[nH]4)cc3)cc3c2ccn3C(C)C)c(=O)[nH]1. The molecule has 0 spiro atoms. The van der Waals surface area contributed by atoms with Crippen LogP contribution in [0.25, 0.3) is 44.5 Å². The number of nitrogens with zero attached hydrogens (tertiary/aromatic N) is 2. The number of amides is 2. The monoisotopic (exact) mass is 572 g/mol. The fraction of sp³-hybridized carbons (Fsp3) is 0.176. The summed E-state index contributed by atoms with van der Waals surface area (Å²) >= 11 is 0. The molecule has 0 aliphatic rings. The number of primary amides is 1. The molecule has 0 atom stereocenters. The summed E-state index contributed by atoms with van der Waals surface area (Å²) in [5.74, 6) is -0.154. The molecular formula is C34H32N6O3. The first kappa shape index (κ1) is 27.7. The van der Waals surface area contributed by atoms with Gasteiger partial charge >= 0.3 is 0 Å². The number of carbonyl (C=O) groups is 2. The van der Waals surface area contributed by atoms with E-state index >= 15 is 0 Å². The van der Waals surface area contributed by atoms with E-state index < -0.39 is 5.91 Å². The minimum absolute atomic E-state index is 0.126. The highest BCUT2D eigenvalue weighted by atomic mass is 16.2. The van der Waals surface area contributed by atoms with Gasteiger partial charge in [0.1, 0.15) is 11.3 Å². The van der Waals surface area contributed by atoms with Crippen molar-refractivity contribution in [2.45, 2.75) is 40.3 Å². The predicted molar refractivity (Wildman–Crippen MR) is 169 cm³/mol. The largest absolute Gasteiger partial charge is 0.366 e. The maximum atomic E-state index is 13.6. The minimum Gasteiger partial charge on any atom is -0.366 e. The fourth-order valence-electron chi connectivity index (χ4n) is 5.62. The number of imidazole rings is 1. The molecule has 0 fully saturated rings. The first-order chi connectivity index (χ1) is 20.6. The summed E-state index contributed by atoms with van der Waals surface area (Å²) in [6.45, 7) is 8.03. The molecule has 3 aromatic heterocycles. The van der Waals surface area contributed by atoms with Crippen LogP contribution < -0.4 is 16.6 Å². The second-order valence-corrected chi connectivity index (χ2v) is 11.1. The van der Waals surface area contributed by atoms with Gasteiger partial charge in [0, 0.05) is 52.1 Å². The number of rotatable bonds is 7. The maximum Gasteiger partial charge on any atom is 0.253 e. The lowest BCUT2D eigenvalue weighted by Gasteiger charge is -2.14. The van der Waals surface area contributed by atoms with Gasteiger partial charge in [-0.05, 0) is 80.8 Å². The summed E-state index contributed by atoms with van der Waals surface area (Å²) in [6.07, 6.45) is 2.00. The number of nitrogens with two attached hydrogens (primary N) is 1. The Kier molecular flexibility index (Phi) is 6.93. The summed E-state index contributed by atoms with van der Waals surface area (Å²) < 4.78 is 2.14. The third kappa shape index (κ3) is 5.10. The molecule has 6 rings (SSSR count). The van der Waals surface area contributed by atoms with Crippen molar-refractivity contribution in [2.75, 3.05) is 0 Å². The molecule has 0 aliphatic carbocycles. The van der Waals surface area contributed by atoms with Crippen molar-refractivity contribution in [1.29, 1.82) is 0 Å². The van der Waals surface area contributed by atoms with Gasteiger partial charge in [0.05, 0.1) is 11.1 Å². The van der Waals surface area contributed by atoms with Crippen LogP contribution in [0, 0.1) is 13.8 Å². The lowest BCUT2D eigenvalue weighted by atomic mass is 9.98. The van der Waals surface area contributed by atoms with E-state index in [1.807, 2.05) is 68.6 Å². The van der Waals surface area contributed by atoms with Crippen molar-refractivity contribution in [3.8, 4) is 22.5 Å². The van der Waals surface area contributed by atoms with Crippen molar-refractivity contribution in [3.63, 3.8) is 0 Å². The number of fused-ring (bicyclic) bond motifs is 2. The number of aromatic nitrogens is 4. The first-order valence-electron chi connectivity index (χ1n) is 14.1. The molecule has 3 aromatic carbocycles. The molecular weight excluding hydrogens is 540 g/mol. The number of para-hydroxylation sites is 1. The number of aromatic amines is 2. The number of nitrogens with one attached hydrogen (secondary N) is 3. The Labute approximate surface area is 247 Å². The highest BCUT2D eigenvalue weighted by Gasteiger charge is 2.18. The Balaban J connectivity index is 1.36. The standard InChI is InChI=1S/C34H32N6O3/c1-18(2)40-13-12-24-26(33(42)36-17-27-19(3)14-20(4)37-34(27)43)15-23(16-29(24)40)21-8-10-22(11-9-21)32-38-28-7-5-6-25(31(35)41)30(28)39-32/h5-16,18H,17H2,1-4H3,(H2,35,41)(H,36,42)(H,37,43)(H,38,39). The van der Waals surface area contributed by atoms with Crippen LogP contribution >= 0.6 is 0 Å². The van der Waals surface area contributed by atoms with E-state index in [-0.39, 0.29) is 24.1 Å². The summed E-state index contributed by atoms with van der Waals surface area (Å²) in [6, 6.07) is 21.2. The minimum atomic E-state index is -0.527. The van der Waals surface area contributed by atoms with Crippen LogP contribution in [-0.4, -0.2) is 31.3 Å². The van der Waals surface area contributed by atoms with Gasteiger partial charge in [0.2, 0.25) is 0 Å². The van der Waals surface area contributed by atoms with E-state index in [0.717, 1.165) is 44.4 Å². The molecule has 0 bridgehead atoms. The van der Waals surface area contributed by atoms with Crippen LogP contribution in [0.4, 0.5) is 0 Å². The van der Waals surface area contributed by atoms with E-state index in [1.54, 1.807) is 12.1 Å².